The molecule has 2 fully saturated rings. The second kappa shape index (κ2) is 7.35. The summed E-state index contributed by atoms with van der Waals surface area (Å²) in [5, 5.41) is 0. The zero-order chi connectivity index (χ0) is 17.2. The van der Waals surface area contributed by atoms with Crippen LogP contribution >= 0.6 is 0 Å². The highest BCUT2D eigenvalue weighted by Gasteiger charge is 2.27. The van der Waals surface area contributed by atoms with Crippen LogP contribution in [0.4, 0.5) is 5.69 Å². The Balaban J connectivity index is 1.67. The van der Waals surface area contributed by atoms with E-state index in [0.29, 0.717) is 0 Å². The van der Waals surface area contributed by atoms with Crippen molar-refractivity contribution in [3.8, 4) is 5.75 Å². The second-order valence-corrected chi connectivity index (χ2v) is 8.45. The van der Waals surface area contributed by atoms with E-state index in [2.05, 4.69) is 48.8 Å². The number of ether oxygens (including phenoxy) is 1. The highest BCUT2D eigenvalue weighted by atomic mass is 16.5. The number of nitrogens with zero attached hydrogens (tertiary/aromatic N) is 2. The Kier molecular flexibility index (Phi) is 5.39. The Morgan fingerprint density at radius 2 is 1.62 bits per heavy atom. The number of hydrogen-bond acceptors (Lipinski definition) is 3. The Morgan fingerprint density at radius 1 is 0.958 bits per heavy atom. The third-order valence-corrected chi connectivity index (χ3v) is 5.76. The van der Waals surface area contributed by atoms with Crippen molar-refractivity contribution in [3.05, 3.63) is 23.8 Å². The maximum absolute atomic E-state index is 5.73. The fraction of sp³-hybridized carbons (Fsp3) is 0.714. The van der Waals surface area contributed by atoms with E-state index >= 15 is 0 Å². The molecule has 0 bridgehead atoms. The van der Waals surface area contributed by atoms with Crippen molar-refractivity contribution in [3.63, 3.8) is 0 Å². The number of likely N-dealkylation sites (tertiary alicyclic amines) is 1. The zero-order valence-corrected chi connectivity index (χ0v) is 16.0. The lowest BCUT2D eigenvalue weighted by atomic mass is 9.86. The molecule has 0 radical (unpaired) electrons. The maximum Gasteiger partial charge on any atom is 0.142 e. The molecule has 0 spiro atoms. The van der Waals surface area contributed by atoms with Crippen molar-refractivity contribution in [1.82, 2.24) is 4.90 Å². The molecule has 134 valence electrons. The molecule has 0 unspecified atom stereocenters. The van der Waals surface area contributed by atoms with Crippen LogP contribution in [-0.4, -0.2) is 44.2 Å². The SMILES string of the molecule is COc1cc(C(C)(C)C)ccc1N1CCC(N2CCCCC2)CC1. The molecule has 0 saturated carbocycles. The lowest BCUT2D eigenvalue weighted by Gasteiger charge is -2.41. The summed E-state index contributed by atoms with van der Waals surface area (Å²) in [5.74, 6) is 1.03. The molecule has 0 atom stereocenters. The van der Waals surface area contributed by atoms with Crippen molar-refractivity contribution >= 4 is 5.69 Å². The zero-order valence-electron chi connectivity index (χ0n) is 16.0. The van der Waals surface area contributed by atoms with Crippen LogP contribution in [-0.2, 0) is 5.41 Å². The molecule has 0 N–H and O–H groups in total. The van der Waals surface area contributed by atoms with E-state index in [4.69, 9.17) is 4.74 Å². The Hall–Kier alpha value is -1.22. The van der Waals surface area contributed by atoms with E-state index in [1.165, 1.54) is 56.4 Å². The first-order valence-electron chi connectivity index (χ1n) is 9.66. The van der Waals surface area contributed by atoms with Crippen molar-refractivity contribution in [2.75, 3.05) is 38.2 Å². The van der Waals surface area contributed by atoms with Gasteiger partial charge in [-0.25, -0.2) is 0 Å². The molecule has 1 aromatic carbocycles. The Labute approximate surface area is 148 Å². The molecule has 0 aliphatic carbocycles. The van der Waals surface area contributed by atoms with Crippen LogP contribution in [0.5, 0.6) is 5.75 Å². The third kappa shape index (κ3) is 3.88. The maximum atomic E-state index is 5.73. The van der Waals surface area contributed by atoms with Crippen LogP contribution in [0.2, 0.25) is 0 Å². The summed E-state index contributed by atoms with van der Waals surface area (Å²) in [4.78, 5) is 5.26. The molecule has 2 aliphatic heterocycles. The molecule has 0 aromatic heterocycles. The van der Waals surface area contributed by atoms with Gasteiger partial charge in [-0.2, -0.15) is 0 Å². The minimum absolute atomic E-state index is 0.160. The smallest absolute Gasteiger partial charge is 0.142 e. The molecule has 3 nitrogen and oxygen atoms in total. The van der Waals surface area contributed by atoms with Crippen molar-refractivity contribution in [1.29, 1.82) is 0 Å². The van der Waals surface area contributed by atoms with Gasteiger partial charge in [0, 0.05) is 19.1 Å². The average molecular weight is 331 g/mol. The van der Waals surface area contributed by atoms with Gasteiger partial charge in [0.15, 0.2) is 0 Å². The van der Waals surface area contributed by atoms with Gasteiger partial charge in [0.1, 0.15) is 5.75 Å². The molecule has 24 heavy (non-hydrogen) atoms. The topological polar surface area (TPSA) is 15.7 Å². The van der Waals surface area contributed by atoms with Crippen LogP contribution in [0.1, 0.15) is 58.4 Å². The number of anilines is 1. The fourth-order valence-corrected chi connectivity index (χ4v) is 4.16. The highest BCUT2D eigenvalue weighted by Crippen LogP contribution is 2.35. The third-order valence-electron chi connectivity index (χ3n) is 5.76. The molecular weight excluding hydrogens is 296 g/mol. The fourth-order valence-electron chi connectivity index (χ4n) is 4.16. The first kappa shape index (κ1) is 17.6. The lowest BCUT2D eigenvalue weighted by Crippen LogP contribution is -2.46. The van der Waals surface area contributed by atoms with Gasteiger partial charge in [-0.1, -0.05) is 33.3 Å². The standard InChI is InChI=1S/C21H34N2O/c1-21(2,3)17-8-9-19(20(16-17)24-4)23-14-10-18(11-15-23)22-12-6-5-7-13-22/h8-9,16,18H,5-7,10-15H2,1-4H3. The number of rotatable bonds is 3. The van der Waals surface area contributed by atoms with E-state index < -0.39 is 0 Å². The first-order valence-corrected chi connectivity index (χ1v) is 9.66. The second-order valence-electron chi connectivity index (χ2n) is 8.45. The summed E-state index contributed by atoms with van der Waals surface area (Å²) in [6, 6.07) is 7.56. The van der Waals surface area contributed by atoms with Crippen LogP contribution in [0.3, 0.4) is 0 Å². The predicted octanol–water partition coefficient (Wildman–Crippen LogP) is 4.45. The van der Waals surface area contributed by atoms with Crippen LogP contribution < -0.4 is 9.64 Å². The lowest BCUT2D eigenvalue weighted by molar-refractivity contribution is 0.141. The van der Waals surface area contributed by atoms with Gasteiger partial charge in [0.05, 0.1) is 12.8 Å². The Morgan fingerprint density at radius 3 is 2.21 bits per heavy atom. The first-order chi connectivity index (χ1) is 11.5. The minimum atomic E-state index is 0.160. The largest absolute Gasteiger partial charge is 0.495 e. The van der Waals surface area contributed by atoms with E-state index in [0.717, 1.165) is 24.9 Å². The van der Waals surface area contributed by atoms with Crippen LogP contribution in [0, 0.1) is 0 Å². The Bertz CT molecular complexity index is 535. The molecule has 1 aromatic rings. The van der Waals surface area contributed by atoms with Gasteiger partial charge in [0.25, 0.3) is 0 Å². The quantitative estimate of drug-likeness (QED) is 0.814. The van der Waals surface area contributed by atoms with E-state index in [1.54, 1.807) is 7.11 Å². The van der Waals surface area contributed by atoms with Gasteiger partial charge < -0.3 is 14.5 Å². The van der Waals surface area contributed by atoms with Crippen molar-refractivity contribution in [2.24, 2.45) is 0 Å². The summed E-state index contributed by atoms with van der Waals surface area (Å²) in [7, 11) is 1.80. The summed E-state index contributed by atoms with van der Waals surface area (Å²) < 4.78 is 5.73. The van der Waals surface area contributed by atoms with Gasteiger partial charge in [-0.3, -0.25) is 0 Å². The van der Waals surface area contributed by atoms with E-state index in [9.17, 15) is 0 Å². The number of methoxy groups -OCH3 is 1. The average Bonchev–Trinajstić information content (AvgIpc) is 2.61. The summed E-state index contributed by atoms with van der Waals surface area (Å²) in [5.41, 5.74) is 2.77. The molecule has 0 amide bonds. The number of benzene rings is 1. The summed E-state index contributed by atoms with van der Waals surface area (Å²) in [6.45, 7) is 11.7. The van der Waals surface area contributed by atoms with Gasteiger partial charge in [-0.05, 0) is 61.9 Å². The highest BCUT2D eigenvalue weighted by molar-refractivity contribution is 5.60. The molecule has 2 aliphatic rings. The van der Waals surface area contributed by atoms with Crippen LogP contribution in [0.15, 0.2) is 18.2 Å². The predicted molar refractivity (Wildman–Crippen MR) is 102 cm³/mol. The normalized spacial score (nSPS) is 21.1. The monoisotopic (exact) mass is 330 g/mol. The van der Waals surface area contributed by atoms with E-state index in [-0.39, 0.29) is 5.41 Å². The summed E-state index contributed by atoms with van der Waals surface area (Å²) >= 11 is 0. The molecule has 3 rings (SSSR count). The van der Waals surface area contributed by atoms with E-state index in [1.807, 2.05) is 0 Å². The van der Waals surface area contributed by atoms with Crippen molar-refractivity contribution in [2.45, 2.75) is 64.3 Å². The summed E-state index contributed by atoms with van der Waals surface area (Å²) in [6.07, 6.45) is 6.77. The van der Waals surface area contributed by atoms with Gasteiger partial charge in [0.2, 0.25) is 0 Å². The molecule has 2 heterocycles. The van der Waals surface area contributed by atoms with Crippen molar-refractivity contribution < 1.29 is 4.74 Å². The molecule has 3 heteroatoms. The molecular formula is C21H34N2O. The van der Waals surface area contributed by atoms with Gasteiger partial charge in [-0.15, -0.1) is 0 Å². The molecule has 2 saturated heterocycles. The van der Waals surface area contributed by atoms with Gasteiger partial charge >= 0.3 is 0 Å². The minimum Gasteiger partial charge on any atom is -0.495 e. The number of piperidine rings is 2. The van der Waals surface area contributed by atoms with Crippen LogP contribution in [0.25, 0.3) is 0 Å². The number of hydrogen-bond donors (Lipinski definition) is 0.